The van der Waals surface area contributed by atoms with Gasteiger partial charge in [0.15, 0.2) is 5.78 Å². The topological polar surface area (TPSA) is 44.1 Å². The van der Waals surface area contributed by atoms with Crippen molar-refractivity contribution in [1.82, 2.24) is 0 Å². The van der Waals surface area contributed by atoms with Gasteiger partial charge in [0.25, 0.3) is 0 Å². The first-order valence-electron chi connectivity index (χ1n) is 7.49. The maximum Gasteiger partial charge on any atom is 0.161 e. The molecule has 0 amide bonds. The van der Waals surface area contributed by atoms with Gasteiger partial charge in [-0.05, 0) is 44.4 Å². The minimum Gasteiger partial charge on any atom is -0.368 e. The second kappa shape index (κ2) is 6.56. The lowest BCUT2D eigenvalue weighted by Gasteiger charge is -2.33. The van der Waals surface area contributed by atoms with E-state index in [9.17, 15) is 4.79 Å². The predicted molar refractivity (Wildman–Crippen MR) is 81.1 cm³/mol. The number of hydrogen-bond donors (Lipinski definition) is 0. The summed E-state index contributed by atoms with van der Waals surface area (Å²) < 4.78 is 0. The zero-order valence-electron chi connectivity index (χ0n) is 12.4. The van der Waals surface area contributed by atoms with Crippen molar-refractivity contribution in [2.45, 2.75) is 52.0 Å². The molecule has 3 nitrogen and oxygen atoms in total. The van der Waals surface area contributed by atoms with Crippen molar-refractivity contribution in [3.05, 3.63) is 29.3 Å². The largest absolute Gasteiger partial charge is 0.368 e. The minimum atomic E-state index is 0.0728. The molecule has 0 bridgehead atoms. The van der Waals surface area contributed by atoms with E-state index >= 15 is 0 Å². The first kappa shape index (κ1) is 14.6. The molecular formula is C17H22N2O. The van der Waals surface area contributed by atoms with Crippen molar-refractivity contribution in [3.63, 3.8) is 0 Å². The Morgan fingerprint density at radius 3 is 2.85 bits per heavy atom. The molecule has 0 radical (unpaired) electrons. The van der Waals surface area contributed by atoms with Crippen molar-refractivity contribution in [3.8, 4) is 6.07 Å². The van der Waals surface area contributed by atoms with Crippen LogP contribution in [0.25, 0.3) is 0 Å². The summed E-state index contributed by atoms with van der Waals surface area (Å²) in [6.45, 7) is 4.78. The summed E-state index contributed by atoms with van der Waals surface area (Å²) >= 11 is 0. The Morgan fingerprint density at radius 1 is 1.40 bits per heavy atom. The number of hydrogen-bond acceptors (Lipinski definition) is 3. The van der Waals surface area contributed by atoms with Gasteiger partial charge >= 0.3 is 0 Å². The number of benzene rings is 1. The minimum absolute atomic E-state index is 0.0728. The summed E-state index contributed by atoms with van der Waals surface area (Å²) in [5, 5.41) is 9.12. The molecule has 1 saturated heterocycles. The summed E-state index contributed by atoms with van der Waals surface area (Å²) in [5.74, 6) is 0.0728. The number of nitrogens with zero attached hydrogens (tertiary/aromatic N) is 2. The molecule has 3 heteroatoms. The summed E-state index contributed by atoms with van der Waals surface area (Å²) in [4.78, 5) is 14.2. The van der Waals surface area contributed by atoms with Gasteiger partial charge < -0.3 is 4.90 Å². The highest BCUT2D eigenvalue weighted by atomic mass is 16.1. The highest BCUT2D eigenvalue weighted by molar-refractivity contribution is 6.00. The third-order valence-electron chi connectivity index (χ3n) is 4.16. The SMILES string of the molecule is CCC1CCCCCN1c1cc(C#N)ccc1C(C)=O. The molecule has 1 aromatic rings. The quantitative estimate of drug-likeness (QED) is 0.782. The van der Waals surface area contributed by atoms with Gasteiger partial charge in [-0.1, -0.05) is 19.8 Å². The molecular weight excluding hydrogens is 248 g/mol. The molecule has 0 spiro atoms. The second-order valence-corrected chi connectivity index (χ2v) is 5.50. The fourth-order valence-electron chi connectivity index (χ4n) is 3.06. The Labute approximate surface area is 121 Å². The molecule has 1 aromatic carbocycles. The molecule has 0 saturated carbocycles. The Bertz CT molecular complexity index is 530. The standard InChI is InChI=1S/C17H22N2O/c1-3-15-7-5-4-6-10-19(15)17-11-14(12-18)8-9-16(17)13(2)20/h8-9,11,15H,3-7,10H2,1-2H3. The number of ketones is 1. The second-order valence-electron chi connectivity index (χ2n) is 5.50. The fraction of sp³-hybridized carbons (Fsp3) is 0.529. The number of nitriles is 1. The molecule has 1 atom stereocenters. The molecule has 0 aliphatic carbocycles. The molecule has 1 fully saturated rings. The van der Waals surface area contributed by atoms with Crippen LogP contribution in [-0.2, 0) is 0 Å². The van der Waals surface area contributed by atoms with Crippen LogP contribution in [0.1, 0.15) is 61.9 Å². The summed E-state index contributed by atoms with van der Waals surface area (Å²) in [6.07, 6.45) is 5.91. The van der Waals surface area contributed by atoms with E-state index < -0.39 is 0 Å². The van der Waals surface area contributed by atoms with Gasteiger partial charge in [-0.3, -0.25) is 4.79 Å². The van der Waals surface area contributed by atoms with Crippen LogP contribution in [0.2, 0.25) is 0 Å². The van der Waals surface area contributed by atoms with Gasteiger partial charge in [0.05, 0.1) is 11.6 Å². The van der Waals surface area contributed by atoms with Gasteiger partial charge in [-0.2, -0.15) is 5.26 Å². The molecule has 1 aliphatic rings. The van der Waals surface area contributed by atoms with Gasteiger partial charge in [-0.25, -0.2) is 0 Å². The molecule has 2 rings (SSSR count). The van der Waals surface area contributed by atoms with Crippen LogP contribution in [0.3, 0.4) is 0 Å². The van der Waals surface area contributed by atoms with Gasteiger partial charge in [0, 0.05) is 23.8 Å². The zero-order chi connectivity index (χ0) is 14.5. The van der Waals surface area contributed by atoms with Crippen LogP contribution in [0.5, 0.6) is 0 Å². The van der Waals surface area contributed by atoms with Crippen molar-refractivity contribution >= 4 is 11.5 Å². The van der Waals surface area contributed by atoms with Crippen molar-refractivity contribution in [2.75, 3.05) is 11.4 Å². The van der Waals surface area contributed by atoms with Crippen LogP contribution < -0.4 is 4.90 Å². The highest BCUT2D eigenvalue weighted by Crippen LogP contribution is 2.30. The van der Waals surface area contributed by atoms with E-state index in [1.54, 1.807) is 19.1 Å². The number of rotatable bonds is 3. The Balaban J connectivity index is 2.46. The smallest absolute Gasteiger partial charge is 0.161 e. The maximum atomic E-state index is 11.9. The normalized spacial score (nSPS) is 19.2. The zero-order valence-corrected chi connectivity index (χ0v) is 12.4. The molecule has 20 heavy (non-hydrogen) atoms. The van der Waals surface area contributed by atoms with Gasteiger partial charge in [0.2, 0.25) is 0 Å². The number of carbonyl (C=O) groups is 1. The lowest BCUT2D eigenvalue weighted by molar-refractivity contribution is 0.101. The molecule has 1 unspecified atom stereocenters. The van der Waals surface area contributed by atoms with Crippen molar-refractivity contribution in [1.29, 1.82) is 5.26 Å². The number of carbonyl (C=O) groups excluding carboxylic acids is 1. The van der Waals surface area contributed by atoms with E-state index in [-0.39, 0.29) is 5.78 Å². The molecule has 1 aliphatic heterocycles. The lowest BCUT2D eigenvalue weighted by Crippen LogP contribution is -2.35. The molecule has 0 N–H and O–H groups in total. The third kappa shape index (κ3) is 3.01. The van der Waals surface area contributed by atoms with E-state index in [1.165, 1.54) is 19.3 Å². The van der Waals surface area contributed by atoms with Crippen LogP contribution in [0, 0.1) is 11.3 Å². The van der Waals surface area contributed by atoms with Crippen LogP contribution in [0.4, 0.5) is 5.69 Å². The molecule has 0 aromatic heterocycles. The van der Waals surface area contributed by atoms with Crippen molar-refractivity contribution in [2.24, 2.45) is 0 Å². The Kier molecular flexibility index (Phi) is 4.79. The lowest BCUT2D eigenvalue weighted by atomic mass is 10.0. The average molecular weight is 270 g/mol. The van der Waals surface area contributed by atoms with E-state index in [2.05, 4.69) is 17.9 Å². The monoisotopic (exact) mass is 270 g/mol. The predicted octanol–water partition coefficient (Wildman–Crippen LogP) is 3.92. The van der Waals surface area contributed by atoms with E-state index in [4.69, 9.17) is 5.26 Å². The number of anilines is 1. The third-order valence-corrected chi connectivity index (χ3v) is 4.16. The van der Waals surface area contributed by atoms with E-state index in [1.807, 2.05) is 6.07 Å². The Morgan fingerprint density at radius 2 is 2.20 bits per heavy atom. The summed E-state index contributed by atoms with van der Waals surface area (Å²) in [5.41, 5.74) is 2.32. The van der Waals surface area contributed by atoms with Crippen LogP contribution in [-0.4, -0.2) is 18.4 Å². The summed E-state index contributed by atoms with van der Waals surface area (Å²) in [6, 6.07) is 8.07. The van der Waals surface area contributed by atoms with E-state index in [0.29, 0.717) is 11.6 Å². The van der Waals surface area contributed by atoms with Crippen molar-refractivity contribution < 1.29 is 4.79 Å². The van der Waals surface area contributed by atoms with Gasteiger partial charge in [0.1, 0.15) is 0 Å². The van der Waals surface area contributed by atoms with E-state index in [0.717, 1.165) is 30.6 Å². The number of Topliss-reactive ketones (excluding diaryl/α,β-unsaturated/α-hetero) is 1. The Hall–Kier alpha value is -1.82. The maximum absolute atomic E-state index is 11.9. The van der Waals surface area contributed by atoms with Crippen LogP contribution >= 0.6 is 0 Å². The first-order chi connectivity index (χ1) is 9.67. The molecule has 1 heterocycles. The average Bonchev–Trinajstić information content (AvgIpc) is 2.71. The van der Waals surface area contributed by atoms with Crippen LogP contribution in [0.15, 0.2) is 18.2 Å². The molecule has 106 valence electrons. The van der Waals surface area contributed by atoms with Gasteiger partial charge in [-0.15, -0.1) is 0 Å². The highest BCUT2D eigenvalue weighted by Gasteiger charge is 2.23. The first-order valence-corrected chi connectivity index (χ1v) is 7.49. The fourth-order valence-corrected chi connectivity index (χ4v) is 3.06. The summed E-state index contributed by atoms with van der Waals surface area (Å²) in [7, 11) is 0.